The third kappa shape index (κ3) is 3.70. The smallest absolute Gasteiger partial charge is 0.358 e. The molecule has 0 aliphatic carbocycles. The Balaban J connectivity index is 1.44. The Morgan fingerprint density at radius 3 is 2.61 bits per heavy atom. The van der Waals surface area contributed by atoms with Crippen LogP contribution in [0.25, 0.3) is 21.9 Å². The van der Waals surface area contributed by atoms with Crippen LogP contribution in [0.15, 0.2) is 64.5 Å². The van der Waals surface area contributed by atoms with Crippen molar-refractivity contribution in [3.8, 4) is 21.9 Å². The average molecular weight is 394 g/mol. The van der Waals surface area contributed by atoms with Crippen LogP contribution in [-0.2, 0) is 11.3 Å². The molecule has 2 aromatic carbocycles. The summed E-state index contributed by atoms with van der Waals surface area (Å²) in [6.45, 7) is 1.78. The van der Waals surface area contributed by atoms with Gasteiger partial charge in [-0.25, -0.2) is 14.2 Å². The van der Waals surface area contributed by atoms with Crippen molar-refractivity contribution < 1.29 is 18.4 Å². The van der Waals surface area contributed by atoms with Crippen molar-refractivity contribution in [2.75, 3.05) is 0 Å². The lowest BCUT2D eigenvalue weighted by Gasteiger charge is -2.01. The molecule has 0 amide bonds. The predicted octanol–water partition coefficient (Wildman–Crippen LogP) is 5.27. The maximum absolute atomic E-state index is 13.1. The van der Waals surface area contributed by atoms with Crippen LogP contribution in [0.1, 0.15) is 21.7 Å². The molecular weight excluding hydrogens is 379 g/mol. The highest BCUT2D eigenvalue weighted by Crippen LogP contribution is 2.27. The van der Waals surface area contributed by atoms with Crippen molar-refractivity contribution in [1.82, 2.24) is 10.1 Å². The first-order valence-corrected chi connectivity index (χ1v) is 9.39. The van der Waals surface area contributed by atoms with Crippen LogP contribution < -0.4 is 0 Å². The minimum absolute atomic E-state index is 0.0342. The quantitative estimate of drug-likeness (QED) is 0.432. The van der Waals surface area contributed by atoms with Gasteiger partial charge in [0.05, 0.1) is 0 Å². The second-order valence-corrected chi connectivity index (χ2v) is 6.93. The number of carbonyl (C=O) groups excluding carboxylic acids is 1. The van der Waals surface area contributed by atoms with Gasteiger partial charge in [-0.3, -0.25) is 0 Å². The maximum Gasteiger partial charge on any atom is 0.358 e. The molecule has 0 saturated heterocycles. The van der Waals surface area contributed by atoms with Gasteiger partial charge in [-0.05, 0) is 31.2 Å². The topological polar surface area (TPSA) is 65.2 Å². The van der Waals surface area contributed by atoms with Crippen molar-refractivity contribution in [2.45, 2.75) is 13.5 Å². The number of esters is 1. The molecule has 4 aromatic rings. The van der Waals surface area contributed by atoms with Crippen molar-refractivity contribution in [1.29, 1.82) is 0 Å². The van der Waals surface area contributed by atoms with Gasteiger partial charge in [0.15, 0.2) is 11.5 Å². The number of aromatic nitrogens is 2. The highest BCUT2D eigenvalue weighted by atomic mass is 32.1. The fourth-order valence-electron chi connectivity index (χ4n) is 2.66. The number of thiazole rings is 1. The second kappa shape index (κ2) is 7.74. The molecule has 0 radical (unpaired) electrons. The zero-order valence-corrected chi connectivity index (χ0v) is 15.7. The molecule has 0 aliphatic rings. The average Bonchev–Trinajstić information content (AvgIpc) is 3.35. The molecule has 0 bridgehead atoms. The molecule has 7 heteroatoms. The van der Waals surface area contributed by atoms with Crippen molar-refractivity contribution in [3.63, 3.8) is 0 Å². The summed E-state index contributed by atoms with van der Waals surface area (Å²) in [6, 6.07) is 15.5. The van der Waals surface area contributed by atoms with E-state index in [-0.39, 0.29) is 18.1 Å². The summed E-state index contributed by atoms with van der Waals surface area (Å²) in [5.41, 5.74) is 3.15. The molecule has 28 heavy (non-hydrogen) atoms. The van der Waals surface area contributed by atoms with E-state index in [1.807, 2.05) is 37.3 Å². The number of ether oxygens (including phenoxy) is 1. The standard InChI is InChI=1S/C21H15FN2O3S/c1-13-17(24-27-19(13)14-7-9-16(22)10-8-14)11-26-21(25)18-12-28-20(23-18)15-5-3-2-4-6-15/h2-10,12H,11H2,1H3. The Morgan fingerprint density at radius 1 is 1.11 bits per heavy atom. The van der Waals surface area contributed by atoms with Gasteiger partial charge in [-0.1, -0.05) is 35.5 Å². The van der Waals surface area contributed by atoms with Gasteiger partial charge in [-0.15, -0.1) is 11.3 Å². The first-order valence-electron chi connectivity index (χ1n) is 8.51. The van der Waals surface area contributed by atoms with E-state index in [0.717, 1.165) is 16.1 Å². The van der Waals surface area contributed by atoms with E-state index in [2.05, 4.69) is 10.1 Å². The number of nitrogens with zero attached hydrogens (tertiary/aromatic N) is 2. The van der Waals surface area contributed by atoms with E-state index in [0.29, 0.717) is 17.0 Å². The molecule has 0 fully saturated rings. The Hall–Kier alpha value is -3.32. The van der Waals surface area contributed by atoms with Crippen LogP contribution in [0, 0.1) is 12.7 Å². The molecule has 0 unspecified atom stereocenters. The Kier molecular flexibility index (Phi) is 4.99. The zero-order chi connectivity index (χ0) is 19.5. The number of benzene rings is 2. The number of halogens is 1. The van der Waals surface area contributed by atoms with Gasteiger partial charge >= 0.3 is 5.97 Å². The zero-order valence-electron chi connectivity index (χ0n) is 14.9. The Labute approximate surface area is 164 Å². The summed E-state index contributed by atoms with van der Waals surface area (Å²) in [6.07, 6.45) is 0. The Morgan fingerprint density at radius 2 is 1.86 bits per heavy atom. The van der Waals surface area contributed by atoms with Gasteiger partial charge in [0, 0.05) is 22.1 Å². The highest BCUT2D eigenvalue weighted by Gasteiger charge is 2.18. The fraction of sp³-hybridized carbons (Fsp3) is 0.0952. The molecule has 0 spiro atoms. The molecule has 2 heterocycles. The van der Waals surface area contributed by atoms with Gasteiger partial charge in [0.1, 0.15) is 23.1 Å². The highest BCUT2D eigenvalue weighted by molar-refractivity contribution is 7.13. The number of carbonyl (C=O) groups is 1. The van der Waals surface area contributed by atoms with E-state index < -0.39 is 5.97 Å². The van der Waals surface area contributed by atoms with E-state index in [1.54, 1.807) is 17.5 Å². The minimum Gasteiger partial charge on any atom is -0.454 e. The summed E-state index contributed by atoms with van der Waals surface area (Å²) in [7, 11) is 0. The predicted molar refractivity (Wildman–Crippen MR) is 103 cm³/mol. The molecule has 0 atom stereocenters. The number of hydrogen-bond donors (Lipinski definition) is 0. The van der Waals surface area contributed by atoms with Gasteiger partial charge in [0.25, 0.3) is 0 Å². The molecule has 2 aromatic heterocycles. The van der Waals surface area contributed by atoms with Crippen LogP contribution in [0.4, 0.5) is 4.39 Å². The fourth-order valence-corrected chi connectivity index (χ4v) is 3.46. The summed E-state index contributed by atoms with van der Waals surface area (Å²) >= 11 is 1.38. The summed E-state index contributed by atoms with van der Waals surface area (Å²) < 4.78 is 23.8. The molecule has 0 saturated carbocycles. The normalized spacial score (nSPS) is 10.8. The minimum atomic E-state index is -0.524. The SMILES string of the molecule is Cc1c(COC(=O)c2csc(-c3ccccc3)n2)noc1-c1ccc(F)cc1. The van der Waals surface area contributed by atoms with Crippen molar-refractivity contribution in [3.05, 3.63) is 82.7 Å². The first kappa shape index (κ1) is 18.1. The van der Waals surface area contributed by atoms with Gasteiger partial charge in [-0.2, -0.15) is 0 Å². The molecule has 0 N–H and O–H groups in total. The maximum atomic E-state index is 13.1. The molecular formula is C21H15FN2O3S. The number of hydrogen-bond acceptors (Lipinski definition) is 6. The molecule has 4 rings (SSSR count). The van der Waals surface area contributed by atoms with E-state index in [9.17, 15) is 9.18 Å². The monoisotopic (exact) mass is 394 g/mol. The van der Waals surface area contributed by atoms with E-state index in [4.69, 9.17) is 9.26 Å². The third-order valence-electron chi connectivity index (χ3n) is 4.20. The summed E-state index contributed by atoms with van der Waals surface area (Å²) in [4.78, 5) is 16.7. The lowest BCUT2D eigenvalue weighted by atomic mass is 10.1. The van der Waals surface area contributed by atoms with Crippen LogP contribution in [0.3, 0.4) is 0 Å². The van der Waals surface area contributed by atoms with Gasteiger partial charge < -0.3 is 9.26 Å². The van der Waals surface area contributed by atoms with Crippen LogP contribution >= 0.6 is 11.3 Å². The summed E-state index contributed by atoms with van der Waals surface area (Å²) in [5.74, 6) is -0.330. The molecule has 0 aliphatic heterocycles. The van der Waals surface area contributed by atoms with E-state index >= 15 is 0 Å². The number of rotatable bonds is 5. The van der Waals surface area contributed by atoms with Crippen LogP contribution in [0.2, 0.25) is 0 Å². The van der Waals surface area contributed by atoms with Crippen LogP contribution in [-0.4, -0.2) is 16.1 Å². The third-order valence-corrected chi connectivity index (χ3v) is 5.09. The second-order valence-electron chi connectivity index (χ2n) is 6.07. The lowest BCUT2D eigenvalue weighted by molar-refractivity contribution is 0.0458. The van der Waals surface area contributed by atoms with E-state index in [1.165, 1.54) is 23.5 Å². The van der Waals surface area contributed by atoms with Crippen molar-refractivity contribution in [2.24, 2.45) is 0 Å². The molecule has 140 valence electrons. The summed E-state index contributed by atoms with van der Waals surface area (Å²) in [5, 5.41) is 6.39. The largest absolute Gasteiger partial charge is 0.454 e. The first-order chi connectivity index (χ1) is 13.6. The van der Waals surface area contributed by atoms with Crippen LogP contribution in [0.5, 0.6) is 0 Å². The molecule has 5 nitrogen and oxygen atoms in total. The lowest BCUT2D eigenvalue weighted by Crippen LogP contribution is -2.06. The van der Waals surface area contributed by atoms with Gasteiger partial charge in [0.2, 0.25) is 0 Å². The van der Waals surface area contributed by atoms with Crippen molar-refractivity contribution >= 4 is 17.3 Å². The Bertz CT molecular complexity index is 1100.